The molecule has 0 bridgehead atoms. The van der Waals surface area contributed by atoms with Crippen LogP contribution in [0.4, 0.5) is 0 Å². The zero-order valence-corrected chi connectivity index (χ0v) is 8.27. The number of phenolic OH excluding ortho intramolecular Hbond substituents is 1. The Balaban J connectivity index is 2.95. The summed E-state index contributed by atoms with van der Waals surface area (Å²) < 4.78 is 4.93. The van der Waals surface area contributed by atoms with Gasteiger partial charge in [0, 0.05) is 5.10 Å². The number of ether oxygens (including phenoxy) is 1. The summed E-state index contributed by atoms with van der Waals surface area (Å²) in [4.78, 5) is 0. The summed E-state index contributed by atoms with van der Waals surface area (Å²) in [5.74, 6) is 0.321. The van der Waals surface area contributed by atoms with Crippen LogP contribution in [0.15, 0.2) is 23.3 Å². The van der Waals surface area contributed by atoms with Crippen LogP contribution >= 0.6 is 0 Å². The summed E-state index contributed by atoms with van der Waals surface area (Å²) >= 11 is 0. The predicted octanol–water partition coefficient (Wildman–Crippen LogP) is -1.91. The molecule has 6 N–H and O–H groups in total. The molecule has 0 atom stereocenters. The zero-order valence-electron chi connectivity index (χ0n) is 8.27. The van der Waals surface area contributed by atoms with Crippen LogP contribution in [0.2, 0.25) is 0 Å². The largest absolute Gasteiger partial charge is 0.504 e. The highest BCUT2D eigenvalue weighted by molar-refractivity contribution is 5.81. The molecule has 0 aromatic heterocycles. The van der Waals surface area contributed by atoms with E-state index in [1.807, 2.05) is 0 Å². The third-order valence-electron chi connectivity index (χ3n) is 1.66. The summed E-state index contributed by atoms with van der Waals surface area (Å²) in [6, 6.07) is 5.07. The van der Waals surface area contributed by atoms with Gasteiger partial charge in [0.25, 0.3) is 5.96 Å². The van der Waals surface area contributed by atoms with Crippen LogP contribution in [-0.4, -0.2) is 24.4 Å². The maximum atomic E-state index is 9.65. The maximum absolute atomic E-state index is 9.65. The third-order valence-corrected chi connectivity index (χ3v) is 1.66. The van der Waals surface area contributed by atoms with Gasteiger partial charge in [-0.3, -0.25) is 0 Å². The van der Waals surface area contributed by atoms with Crippen LogP contribution in [-0.2, 0) is 0 Å². The van der Waals surface area contributed by atoms with E-state index in [2.05, 4.69) is 10.2 Å². The first-order valence-corrected chi connectivity index (χ1v) is 4.18. The number of guanidine groups is 1. The Bertz CT molecular complexity index is 397. The van der Waals surface area contributed by atoms with E-state index in [1.165, 1.54) is 13.3 Å². The van der Waals surface area contributed by atoms with E-state index in [1.54, 1.807) is 18.2 Å². The average Bonchev–Trinajstić information content (AvgIpc) is 2.20. The fourth-order valence-corrected chi connectivity index (χ4v) is 0.997. The summed E-state index contributed by atoms with van der Waals surface area (Å²) in [6.07, 6.45) is 1.46. The smallest absolute Gasteiger partial charge is 0.256 e. The first-order valence-electron chi connectivity index (χ1n) is 4.18. The van der Waals surface area contributed by atoms with Gasteiger partial charge < -0.3 is 21.3 Å². The van der Waals surface area contributed by atoms with Crippen LogP contribution in [0.25, 0.3) is 0 Å². The van der Waals surface area contributed by atoms with Crippen molar-refractivity contribution in [2.24, 2.45) is 16.6 Å². The summed E-state index contributed by atoms with van der Waals surface area (Å²) in [7, 11) is 1.47. The van der Waals surface area contributed by atoms with Crippen molar-refractivity contribution >= 4 is 12.2 Å². The van der Waals surface area contributed by atoms with Gasteiger partial charge in [-0.25, -0.2) is 0 Å². The van der Waals surface area contributed by atoms with Gasteiger partial charge in [0.2, 0.25) is 6.21 Å². The Kier molecular flexibility index (Phi) is 3.50. The van der Waals surface area contributed by atoms with Crippen LogP contribution in [0.1, 0.15) is 5.56 Å². The maximum Gasteiger partial charge on any atom is 0.256 e. The molecule has 6 nitrogen and oxygen atoms in total. The number of aromatic hydroxyl groups is 1. The van der Waals surface area contributed by atoms with Gasteiger partial charge in [0.15, 0.2) is 11.5 Å². The second kappa shape index (κ2) is 4.85. The van der Waals surface area contributed by atoms with E-state index in [-0.39, 0.29) is 11.7 Å². The highest BCUT2D eigenvalue weighted by atomic mass is 16.5. The van der Waals surface area contributed by atoms with Gasteiger partial charge in [-0.1, -0.05) is 6.07 Å². The van der Waals surface area contributed by atoms with E-state index in [0.717, 1.165) is 0 Å². The number of phenols is 1. The SMILES string of the molecule is COc1cccc(C=[NH+]N=C(N)N)c1O. The molecule has 1 aromatic rings. The van der Waals surface area contributed by atoms with Crippen molar-refractivity contribution in [2.75, 3.05) is 7.11 Å². The topological polar surface area (TPSA) is 108 Å². The van der Waals surface area contributed by atoms with E-state index < -0.39 is 0 Å². The lowest BCUT2D eigenvalue weighted by atomic mass is 10.2. The van der Waals surface area contributed by atoms with Gasteiger partial charge in [0.1, 0.15) is 0 Å². The Morgan fingerprint density at radius 1 is 1.53 bits per heavy atom. The highest BCUT2D eigenvalue weighted by Gasteiger charge is 2.06. The fraction of sp³-hybridized carbons (Fsp3) is 0.111. The number of hydrogen-bond donors (Lipinski definition) is 4. The number of benzene rings is 1. The molecule has 0 unspecified atom stereocenters. The van der Waals surface area contributed by atoms with Crippen molar-refractivity contribution in [1.29, 1.82) is 0 Å². The molecule has 0 fully saturated rings. The molecule has 15 heavy (non-hydrogen) atoms. The van der Waals surface area contributed by atoms with Crippen molar-refractivity contribution in [3.63, 3.8) is 0 Å². The van der Waals surface area contributed by atoms with Crippen molar-refractivity contribution < 1.29 is 14.9 Å². The molecule has 80 valence electrons. The lowest BCUT2D eigenvalue weighted by molar-refractivity contribution is -0.456. The molecular weight excluding hydrogens is 196 g/mol. The second-order valence-electron chi connectivity index (χ2n) is 2.71. The average molecular weight is 209 g/mol. The minimum atomic E-state index is -0.0892. The van der Waals surface area contributed by atoms with Crippen molar-refractivity contribution in [3.05, 3.63) is 23.8 Å². The van der Waals surface area contributed by atoms with Crippen molar-refractivity contribution in [3.8, 4) is 11.5 Å². The Morgan fingerprint density at radius 3 is 2.87 bits per heavy atom. The number of methoxy groups -OCH3 is 1. The monoisotopic (exact) mass is 209 g/mol. The summed E-state index contributed by atoms with van der Waals surface area (Å²) in [6.45, 7) is 0. The molecule has 0 amide bonds. The Hall–Kier alpha value is -2.24. The molecule has 1 aromatic carbocycles. The minimum Gasteiger partial charge on any atom is -0.504 e. The van der Waals surface area contributed by atoms with Gasteiger partial charge in [-0.2, -0.15) is 0 Å². The number of rotatable bonds is 3. The van der Waals surface area contributed by atoms with E-state index in [4.69, 9.17) is 16.2 Å². The fourth-order valence-electron chi connectivity index (χ4n) is 0.997. The standard InChI is InChI=1S/C9H12N4O2/c1-15-7-4-2-3-6(8(7)14)5-12-13-9(10)11/h2-5,14H,1H3,(H4,10,11,13)/p+1. The first kappa shape index (κ1) is 10.8. The van der Waals surface area contributed by atoms with Crippen molar-refractivity contribution in [1.82, 2.24) is 0 Å². The molecule has 0 aliphatic rings. The van der Waals surface area contributed by atoms with Crippen LogP contribution in [0.5, 0.6) is 11.5 Å². The van der Waals surface area contributed by atoms with E-state index in [9.17, 15) is 5.11 Å². The minimum absolute atomic E-state index is 0.0262. The molecule has 0 aliphatic heterocycles. The molecule has 0 saturated heterocycles. The summed E-state index contributed by atoms with van der Waals surface area (Å²) in [5.41, 5.74) is 10.7. The second-order valence-corrected chi connectivity index (χ2v) is 2.71. The molecule has 1 rings (SSSR count). The van der Waals surface area contributed by atoms with E-state index in [0.29, 0.717) is 11.3 Å². The zero-order chi connectivity index (χ0) is 11.3. The van der Waals surface area contributed by atoms with Gasteiger partial charge in [0.05, 0.1) is 12.7 Å². The first-order chi connectivity index (χ1) is 7.15. The highest BCUT2D eigenvalue weighted by Crippen LogP contribution is 2.27. The number of hydrazone groups is 1. The lowest BCUT2D eigenvalue weighted by Gasteiger charge is -2.02. The Morgan fingerprint density at radius 2 is 2.27 bits per heavy atom. The molecular formula is C9H13N4O2+. The normalized spacial score (nSPS) is 10.2. The van der Waals surface area contributed by atoms with E-state index >= 15 is 0 Å². The van der Waals surface area contributed by atoms with Crippen molar-refractivity contribution in [2.45, 2.75) is 0 Å². The quantitative estimate of drug-likeness (QED) is 0.264. The molecule has 0 spiro atoms. The molecule has 0 saturated carbocycles. The number of para-hydroxylation sites is 1. The molecule has 0 radical (unpaired) electrons. The van der Waals surface area contributed by atoms with Crippen LogP contribution in [0, 0.1) is 0 Å². The summed E-state index contributed by atoms with van der Waals surface area (Å²) in [5, 5.41) is 15.7. The Labute approximate surface area is 86.9 Å². The van der Waals surface area contributed by atoms with Gasteiger partial charge >= 0.3 is 0 Å². The third kappa shape index (κ3) is 2.87. The molecule has 0 heterocycles. The number of nitrogens with zero attached hydrogens (tertiary/aromatic N) is 1. The van der Waals surface area contributed by atoms with Gasteiger partial charge in [-0.15, -0.1) is 5.10 Å². The molecule has 0 aliphatic carbocycles. The van der Waals surface area contributed by atoms with Crippen LogP contribution in [0.3, 0.4) is 0 Å². The number of nitrogens with one attached hydrogen (secondary N) is 1. The number of hydrogen-bond acceptors (Lipinski definition) is 3. The molecule has 6 heteroatoms. The van der Waals surface area contributed by atoms with Crippen LogP contribution < -0.4 is 21.3 Å². The predicted molar refractivity (Wildman–Crippen MR) is 56.6 cm³/mol. The number of nitrogens with two attached hydrogens (primary N) is 2. The lowest BCUT2D eigenvalue weighted by Crippen LogP contribution is -2.63. The van der Waals surface area contributed by atoms with Gasteiger partial charge in [-0.05, 0) is 12.1 Å².